The van der Waals surface area contributed by atoms with Crippen molar-refractivity contribution in [3.8, 4) is 16.9 Å². The van der Waals surface area contributed by atoms with Gasteiger partial charge in [0, 0.05) is 23.7 Å². The topological polar surface area (TPSA) is 52.9 Å². The highest BCUT2D eigenvalue weighted by Gasteiger charge is 2.13. The van der Waals surface area contributed by atoms with Gasteiger partial charge in [0.25, 0.3) is 0 Å². The largest absolute Gasteiger partial charge is 0.491 e. The van der Waals surface area contributed by atoms with Crippen LogP contribution in [0.2, 0.25) is 0 Å². The molecule has 4 nitrogen and oxygen atoms in total. The van der Waals surface area contributed by atoms with E-state index < -0.39 is 0 Å². The Balaban J connectivity index is 1.68. The first-order chi connectivity index (χ1) is 15.8. The van der Waals surface area contributed by atoms with Crippen LogP contribution in [0.1, 0.15) is 5.56 Å². The molecule has 4 heteroatoms. The summed E-state index contributed by atoms with van der Waals surface area (Å²) in [6, 6.07) is 35.0. The molecule has 0 amide bonds. The number of nitrogens with zero attached hydrogens (tertiary/aromatic N) is 1. The smallest absolute Gasteiger partial charge is 0.119 e. The van der Waals surface area contributed by atoms with Gasteiger partial charge in [-0.15, -0.1) is 0 Å². The van der Waals surface area contributed by atoms with Crippen molar-refractivity contribution in [2.24, 2.45) is 0 Å². The number of benzene rings is 4. The molecule has 0 unspecified atom stereocenters. The first-order valence-corrected chi connectivity index (χ1v) is 10.8. The highest BCUT2D eigenvalue weighted by Crippen LogP contribution is 2.36. The summed E-state index contributed by atoms with van der Waals surface area (Å²) in [4.78, 5) is 2.19. The molecule has 4 rings (SSSR count). The maximum absolute atomic E-state index is 9.22. The number of aliphatic hydroxyl groups excluding tert-OH is 2. The Morgan fingerprint density at radius 2 is 1.09 bits per heavy atom. The SMILES string of the molecule is OCCOc1ccc(N(c2ccc(CCO)cc2)c2ccc(-c3ccccc3)cc2)cc1. The van der Waals surface area contributed by atoms with Crippen LogP contribution >= 0.6 is 0 Å². The van der Waals surface area contributed by atoms with Crippen LogP contribution in [0.5, 0.6) is 5.75 Å². The fourth-order valence-electron chi connectivity index (χ4n) is 3.68. The average Bonchev–Trinajstić information content (AvgIpc) is 2.86. The highest BCUT2D eigenvalue weighted by molar-refractivity contribution is 5.78. The predicted octanol–water partition coefficient (Wildman–Crippen LogP) is 5.73. The molecule has 0 aliphatic heterocycles. The molecular weight excluding hydrogens is 398 g/mol. The Hall–Kier alpha value is -3.60. The zero-order valence-electron chi connectivity index (χ0n) is 17.9. The Morgan fingerprint density at radius 3 is 1.66 bits per heavy atom. The minimum absolute atomic E-state index is 0.0121. The molecule has 0 fully saturated rings. The molecular formula is C28H27NO3. The molecule has 0 aromatic heterocycles. The van der Waals surface area contributed by atoms with Crippen LogP contribution in [0.4, 0.5) is 17.1 Å². The van der Waals surface area contributed by atoms with Crippen LogP contribution in [-0.2, 0) is 6.42 Å². The fraction of sp³-hybridized carbons (Fsp3) is 0.143. The van der Waals surface area contributed by atoms with Crippen molar-refractivity contribution in [3.63, 3.8) is 0 Å². The predicted molar refractivity (Wildman–Crippen MR) is 130 cm³/mol. The van der Waals surface area contributed by atoms with E-state index in [4.69, 9.17) is 9.84 Å². The summed E-state index contributed by atoms with van der Waals surface area (Å²) in [6.45, 7) is 0.400. The molecule has 0 saturated carbocycles. The van der Waals surface area contributed by atoms with Gasteiger partial charge < -0.3 is 19.8 Å². The van der Waals surface area contributed by atoms with Crippen molar-refractivity contribution in [3.05, 3.63) is 109 Å². The van der Waals surface area contributed by atoms with Gasteiger partial charge in [-0.1, -0.05) is 54.6 Å². The maximum atomic E-state index is 9.22. The lowest BCUT2D eigenvalue weighted by Gasteiger charge is -2.26. The number of anilines is 3. The Kier molecular flexibility index (Phi) is 7.18. The lowest BCUT2D eigenvalue weighted by Crippen LogP contribution is -2.10. The number of aliphatic hydroxyl groups is 2. The number of hydrogen-bond acceptors (Lipinski definition) is 4. The summed E-state index contributed by atoms with van der Waals surface area (Å²) >= 11 is 0. The van der Waals surface area contributed by atoms with Crippen LogP contribution in [0.3, 0.4) is 0 Å². The normalized spacial score (nSPS) is 10.7. The van der Waals surface area contributed by atoms with Crippen LogP contribution in [-0.4, -0.2) is 30.0 Å². The van der Waals surface area contributed by atoms with Crippen molar-refractivity contribution in [2.45, 2.75) is 6.42 Å². The number of hydrogen-bond donors (Lipinski definition) is 2. The van der Waals surface area contributed by atoms with Gasteiger partial charge in [-0.25, -0.2) is 0 Å². The van der Waals surface area contributed by atoms with Gasteiger partial charge in [0.1, 0.15) is 12.4 Å². The third kappa shape index (κ3) is 5.17. The Morgan fingerprint density at radius 1 is 0.562 bits per heavy atom. The summed E-state index contributed by atoms with van der Waals surface area (Å²) in [7, 11) is 0. The molecule has 162 valence electrons. The third-order valence-electron chi connectivity index (χ3n) is 5.28. The standard InChI is InChI=1S/C28H27NO3/c30-19-18-22-6-10-25(11-7-22)29(27-14-16-28(17-15-27)32-21-20-31)26-12-8-24(9-13-26)23-4-2-1-3-5-23/h1-17,30-31H,18-21H2. The van der Waals surface area contributed by atoms with Crippen molar-refractivity contribution < 1.29 is 14.9 Å². The number of rotatable bonds is 9. The minimum Gasteiger partial charge on any atom is -0.491 e. The van der Waals surface area contributed by atoms with Crippen molar-refractivity contribution in [1.29, 1.82) is 0 Å². The monoisotopic (exact) mass is 425 g/mol. The third-order valence-corrected chi connectivity index (χ3v) is 5.28. The molecule has 0 bridgehead atoms. The Bertz CT molecular complexity index is 1090. The molecule has 0 heterocycles. The zero-order valence-corrected chi connectivity index (χ0v) is 17.9. The van der Waals surface area contributed by atoms with E-state index in [0.717, 1.165) is 28.4 Å². The molecule has 4 aromatic rings. The molecule has 4 aromatic carbocycles. The molecule has 0 atom stereocenters. The van der Waals surface area contributed by atoms with E-state index >= 15 is 0 Å². The van der Waals surface area contributed by atoms with Gasteiger partial charge in [-0.3, -0.25) is 0 Å². The van der Waals surface area contributed by atoms with E-state index in [0.29, 0.717) is 6.42 Å². The lowest BCUT2D eigenvalue weighted by atomic mass is 10.0. The Labute approximate surface area is 189 Å². The first-order valence-electron chi connectivity index (χ1n) is 10.8. The summed E-state index contributed by atoms with van der Waals surface area (Å²) in [5.74, 6) is 0.723. The average molecular weight is 426 g/mol. The van der Waals surface area contributed by atoms with Gasteiger partial charge in [0.2, 0.25) is 0 Å². The van der Waals surface area contributed by atoms with Crippen molar-refractivity contribution in [2.75, 3.05) is 24.7 Å². The summed E-state index contributed by atoms with van der Waals surface area (Å²) in [5, 5.41) is 18.2. The van der Waals surface area contributed by atoms with E-state index in [-0.39, 0.29) is 19.8 Å². The summed E-state index contributed by atoms with van der Waals surface area (Å²) in [5.41, 5.74) is 6.53. The van der Waals surface area contributed by atoms with Gasteiger partial charge in [0.15, 0.2) is 0 Å². The molecule has 0 saturated heterocycles. The second-order valence-corrected chi connectivity index (χ2v) is 7.45. The summed E-state index contributed by atoms with van der Waals surface area (Å²) in [6.07, 6.45) is 0.642. The van der Waals surface area contributed by atoms with E-state index in [9.17, 15) is 5.11 Å². The van der Waals surface area contributed by atoms with Gasteiger partial charge >= 0.3 is 0 Å². The maximum Gasteiger partial charge on any atom is 0.119 e. The lowest BCUT2D eigenvalue weighted by molar-refractivity contribution is 0.201. The molecule has 32 heavy (non-hydrogen) atoms. The van der Waals surface area contributed by atoms with Crippen LogP contribution in [0.25, 0.3) is 11.1 Å². The van der Waals surface area contributed by atoms with Gasteiger partial charge in [-0.2, -0.15) is 0 Å². The highest BCUT2D eigenvalue weighted by atomic mass is 16.5. The van der Waals surface area contributed by atoms with Crippen LogP contribution in [0, 0.1) is 0 Å². The first kappa shape index (κ1) is 21.6. The van der Waals surface area contributed by atoms with E-state index in [1.807, 2.05) is 42.5 Å². The van der Waals surface area contributed by atoms with E-state index in [2.05, 4.69) is 65.6 Å². The van der Waals surface area contributed by atoms with E-state index in [1.54, 1.807) is 0 Å². The zero-order chi connectivity index (χ0) is 22.2. The quantitative estimate of drug-likeness (QED) is 0.360. The van der Waals surface area contributed by atoms with Crippen LogP contribution < -0.4 is 9.64 Å². The fourth-order valence-corrected chi connectivity index (χ4v) is 3.68. The second-order valence-electron chi connectivity index (χ2n) is 7.45. The van der Waals surface area contributed by atoms with Gasteiger partial charge in [-0.05, 0) is 71.6 Å². The van der Waals surface area contributed by atoms with E-state index in [1.165, 1.54) is 11.1 Å². The molecule has 0 radical (unpaired) electrons. The second kappa shape index (κ2) is 10.6. The van der Waals surface area contributed by atoms with Gasteiger partial charge in [0.05, 0.1) is 6.61 Å². The minimum atomic E-state index is -0.0121. The molecule has 2 N–H and O–H groups in total. The summed E-state index contributed by atoms with van der Waals surface area (Å²) < 4.78 is 5.52. The van der Waals surface area contributed by atoms with Crippen molar-refractivity contribution in [1.82, 2.24) is 0 Å². The molecule has 0 spiro atoms. The van der Waals surface area contributed by atoms with Crippen molar-refractivity contribution >= 4 is 17.1 Å². The molecule has 0 aliphatic rings. The van der Waals surface area contributed by atoms with Crippen LogP contribution in [0.15, 0.2) is 103 Å². The molecule has 0 aliphatic carbocycles. The number of ether oxygens (including phenoxy) is 1.